The molecule has 5 rings (SSSR count). The van der Waals surface area contributed by atoms with E-state index in [1.54, 1.807) is 40.2 Å². The van der Waals surface area contributed by atoms with Crippen LogP contribution in [-0.4, -0.2) is 27.2 Å². The van der Waals surface area contributed by atoms with Crippen LogP contribution in [0.15, 0.2) is 79.1 Å². The van der Waals surface area contributed by atoms with Crippen LogP contribution in [0.5, 0.6) is 0 Å². The van der Waals surface area contributed by atoms with E-state index in [0.29, 0.717) is 17.9 Å². The lowest BCUT2D eigenvalue weighted by molar-refractivity contribution is 0.0980. The van der Waals surface area contributed by atoms with Gasteiger partial charge in [0.1, 0.15) is 5.82 Å². The third kappa shape index (κ3) is 3.26. The molecule has 148 valence electrons. The number of halogens is 1. The molecule has 5 nitrogen and oxygen atoms in total. The zero-order valence-electron chi connectivity index (χ0n) is 16.2. The molecule has 0 unspecified atom stereocenters. The molecule has 0 fully saturated rings. The van der Waals surface area contributed by atoms with Gasteiger partial charge in [-0.25, -0.2) is 9.07 Å². The Kier molecular flexibility index (Phi) is 4.59. The highest BCUT2D eigenvalue weighted by atomic mass is 19.1. The molecule has 4 aromatic rings. The van der Waals surface area contributed by atoms with Gasteiger partial charge in [0.05, 0.1) is 11.4 Å². The van der Waals surface area contributed by atoms with E-state index in [1.807, 2.05) is 30.3 Å². The van der Waals surface area contributed by atoms with Crippen LogP contribution in [0, 0.1) is 5.82 Å². The Morgan fingerprint density at radius 1 is 1.00 bits per heavy atom. The van der Waals surface area contributed by atoms with Crippen molar-refractivity contribution >= 4 is 11.6 Å². The first-order valence-electron chi connectivity index (χ1n) is 9.87. The molecular weight excluding hydrogens is 379 g/mol. The number of rotatable bonds is 3. The van der Waals surface area contributed by atoms with Gasteiger partial charge < -0.3 is 4.90 Å². The SMILES string of the molecule is O=C(c1cc(-c2cccnc2)n(-c2ccc(F)cc2)n1)N1CCCc2ccccc21. The minimum Gasteiger partial charge on any atom is -0.307 e. The van der Waals surface area contributed by atoms with Crippen molar-refractivity contribution in [1.82, 2.24) is 14.8 Å². The van der Waals surface area contributed by atoms with Crippen LogP contribution in [-0.2, 0) is 6.42 Å². The summed E-state index contributed by atoms with van der Waals surface area (Å²) in [5.41, 5.74) is 4.68. The minimum atomic E-state index is -0.324. The van der Waals surface area contributed by atoms with Gasteiger partial charge >= 0.3 is 0 Å². The number of aromatic nitrogens is 3. The second kappa shape index (κ2) is 7.55. The molecule has 0 bridgehead atoms. The standard InChI is InChI=1S/C24H19FN4O/c25-19-9-11-20(12-10-19)29-23(18-6-3-13-26-16-18)15-21(27-29)24(30)28-14-4-7-17-5-1-2-8-22(17)28/h1-3,5-6,8-13,15-16H,4,7,14H2. The van der Waals surface area contributed by atoms with Crippen molar-refractivity contribution in [2.24, 2.45) is 0 Å². The maximum absolute atomic E-state index is 13.4. The number of nitrogens with zero attached hydrogens (tertiary/aromatic N) is 4. The lowest BCUT2D eigenvalue weighted by atomic mass is 10.0. The van der Waals surface area contributed by atoms with Crippen molar-refractivity contribution in [3.05, 3.63) is 96.2 Å². The molecule has 0 radical (unpaired) electrons. The van der Waals surface area contributed by atoms with Crippen LogP contribution in [0.1, 0.15) is 22.5 Å². The van der Waals surface area contributed by atoms with E-state index in [2.05, 4.69) is 16.1 Å². The number of fused-ring (bicyclic) bond motifs is 1. The number of aryl methyl sites for hydroxylation is 1. The summed E-state index contributed by atoms with van der Waals surface area (Å²) >= 11 is 0. The fourth-order valence-electron chi connectivity index (χ4n) is 3.87. The van der Waals surface area contributed by atoms with Crippen molar-refractivity contribution < 1.29 is 9.18 Å². The normalized spacial score (nSPS) is 13.2. The second-order valence-corrected chi connectivity index (χ2v) is 7.23. The van der Waals surface area contributed by atoms with E-state index >= 15 is 0 Å². The molecule has 6 heteroatoms. The fourth-order valence-corrected chi connectivity index (χ4v) is 3.87. The number of hydrogen-bond acceptors (Lipinski definition) is 3. The Morgan fingerprint density at radius 3 is 2.63 bits per heavy atom. The smallest absolute Gasteiger partial charge is 0.278 e. The zero-order valence-corrected chi connectivity index (χ0v) is 16.2. The highest BCUT2D eigenvalue weighted by Gasteiger charge is 2.26. The maximum atomic E-state index is 13.4. The van der Waals surface area contributed by atoms with Crippen LogP contribution < -0.4 is 4.90 Å². The van der Waals surface area contributed by atoms with E-state index in [-0.39, 0.29) is 11.7 Å². The topological polar surface area (TPSA) is 51.0 Å². The van der Waals surface area contributed by atoms with Crippen molar-refractivity contribution in [2.75, 3.05) is 11.4 Å². The summed E-state index contributed by atoms with van der Waals surface area (Å²) in [6.45, 7) is 0.654. The van der Waals surface area contributed by atoms with Crippen LogP contribution in [0.3, 0.4) is 0 Å². The van der Waals surface area contributed by atoms with Crippen LogP contribution in [0.25, 0.3) is 16.9 Å². The van der Waals surface area contributed by atoms with Crippen LogP contribution in [0.4, 0.5) is 10.1 Å². The molecule has 0 saturated carbocycles. The quantitative estimate of drug-likeness (QED) is 0.504. The van der Waals surface area contributed by atoms with Gasteiger partial charge in [-0.1, -0.05) is 18.2 Å². The van der Waals surface area contributed by atoms with Gasteiger partial charge in [-0.05, 0) is 66.9 Å². The first-order valence-corrected chi connectivity index (χ1v) is 9.87. The molecule has 3 heterocycles. The third-order valence-electron chi connectivity index (χ3n) is 5.31. The summed E-state index contributed by atoms with van der Waals surface area (Å²) in [5.74, 6) is -0.469. The van der Waals surface area contributed by atoms with Gasteiger partial charge in [0.25, 0.3) is 5.91 Å². The van der Waals surface area contributed by atoms with E-state index < -0.39 is 0 Å². The van der Waals surface area contributed by atoms with Crippen LogP contribution in [0.2, 0.25) is 0 Å². The number of anilines is 1. The molecule has 1 amide bonds. The summed E-state index contributed by atoms with van der Waals surface area (Å²) < 4.78 is 15.1. The van der Waals surface area contributed by atoms with Crippen molar-refractivity contribution in [3.8, 4) is 16.9 Å². The molecule has 0 spiro atoms. The number of benzene rings is 2. The van der Waals surface area contributed by atoms with Crippen molar-refractivity contribution in [3.63, 3.8) is 0 Å². The molecular formula is C24H19FN4O. The van der Waals surface area contributed by atoms with Crippen molar-refractivity contribution in [1.29, 1.82) is 0 Å². The Hall–Kier alpha value is -3.80. The van der Waals surface area contributed by atoms with Crippen molar-refractivity contribution in [2.45, 2.75) is 12.8 Å². The van der Waals surface area contributed by atoms with E-state index in [1.165, 1.54) is 17.7 Å². The summed E-state index contributed by atoms with van der Waals surface area (Å²) in [5, 5.41) is 4.61. The molecule has 0 atom stereocenters. The second-order valence-electron chi connectivity index (χ2n) is 7.23. The van der Waals surface area contributed by atoms with Gasteiger partial charge in [0.2, 0.25) is 0 Å². The summed E-state index contributed by atoms with van der Waals surface area (Å²) in [4.78, 5) is 19.4. The number of hydrogen-bond donors (Lipinski definition) is 0. The maximum Gasteiger partial charge on any atom is 0.278 e. The molecule has 30 heavy (non-hydrogen) atoms. The molecule has 0 N–H and O–H groups in total. The third-order valence-corrected chi connectivity index (χ3v) is 5.31. The Bertz CT molecular complexity index is 1200. The lowest BCUT2D eigenvalue weighted by Crippen LogP contribution is -2.35. The molecule has 2 aromatic heterocycles. The predicted molar refractivity (Wildman–Crippen MR) is 113 cm³/mol. The number of amides is 1. The van der Waals surface area contributed by atoms with Gasteiger partial charge in [-0.3, -0.25) is 9.78 Å². The number of pyridine rings is 1. The lowest BCUT2D eigenvalue weighted by Gasteiger charge is -2.28. The van der Waals surface area contributed by atoms with Gasteiger partial charge in [0, 0.05) is 30.2 Å². The van der Waals surface area contributed by atoms with Gasteiger partial charge in [0.15, 0.2) is 5.69 Å². The first kappa shape index (κ1) is 18.2. The van der Waals surface area contributed by atoms with Gasteiger partial charge in [-0.15, -0.1) is 0 Å². The summed E-state index contributed by atoms with van der Waals surface area (Å²) in [6.07, 6.45) is 5.29. The van der Waals surface area contributed by atoms with Gasteiger partial charge in [-0.2, -0.15) is 5.10 Å². The average molecular weight is 398 g/mol. The Labute approximate surface area is 173 Å². The van der Waals surface area contributed by atoms with E-state index in [4.69, 9.17) is 0 Å². The first-order chi connectivity index (χ1) is 14.7. The molecule has 0 saturated heterocycles. The number of carbonyl (C=O) groups excluding carboxylic acids is 1. The number of carbonyl (C=O) groups is 1. The predicted octanol–water partition coefficient (Wildman–Crippen LogP) is 4.67. The highest BCUT2D eigenvalue weighted by Crippen LogP contribution is 2.30. The summed E-state index contributed by atoms with van der Waals surface area (Å²) in [7, 11) is 0. The molecule has 0 aliphatic carbocycles. The van der Waals surface area contributed by atoms with E-state index in [9.17, 15) is 9.18 Å². The fraction of sp³-hybridized carbons (Fsp3) is 0.125. The highest BCUT2D eigenvalue weighted by molar-refractivity contribution is 6.06. The largest absolute Gasteiger partial charge is 0.307 e. The Morgan fingerprint density at radius 2 is 1.83 bits per heavy atom. The zero-order chi connectivity index (χ0) is 20.5. The monoisotopic (exact) mass is 398 g/mol. The Balaban J connectivity index is 1.60. The van der Waals surface area contributed by atoms with Crippen LogP contribution >= 0.6 is 0 Å². The molecule has 2 aromatic carbocycles. The summed E-state index contributed by atoms with van der Waals surface area (Å²) in [6, 6.07) is 19.6. The number of para-hydroxylation sites is 1. The van der Waals surface area contributed by atoms with E-state index in [0.717, 1.165) is 29.8 Å². The average Bonchev–Trinajstić information content (AvgIpc) is 3.25. The molecule has 1 aliphatic rings. The minimum absolute atomic E-state index is 0.145. The molecule has 1 aliphatic heterocycles.